The van der Waals surface area contributed by atoms with E-state index in [9.17, 15) is 4.79 Å². The number of benzene rings is 3. The van der Waals surface area contributed by atoms with Gasteiger partial charge in [0, 0.05) is 28.7 Å². The molecule has 4 rings (SSSR count). The normalized spacial score (nSPS) is 9.97. The van der Waals surface area contributed by atoms with Crippen LogP contribution in [-0.4, -0.2) is 15.9 Å². The van der Waals surface area contributed by atoms with Gasteiger partial charge < -0.3 is 10.6 Å². The maximum Gasteiger partial charge on any atom is 0.255 e. The van der Waals surface area contributed by atoms with Crippen molar-refractivity contribution in [3.05, 3.63) is 102 Å². The van der Waals surface area contributed by atoms with Crippen LogP contribution in [0.15, 0.2) is 91.1 Å². The first-order chi connectivity index (χ1) is 15.6. The van der Waals surface area contributed by atoms with Crippen LogP contribution in [0.3, 0.4) is 0 Å². The molecule has 0 saturated heterocycles. The van der Waals surface area contributed by atoms with Gasteiger partial charge in [-0.15, -0.1) is 0 Å². The fourth-order valence-electron chi connectivity index (χ4n) is 2.94. The van der Waals surface area contributed by atoms with Crippen molar-refractivity contribution in [3.63, 3.8) is 0 Å². The molecule has 32 heavy (non-hydrogen) atoms. The van der Waals surface area contributed by atoms with Gasteiger partial charge >= 0.3 is 0 Å². The van der Waals surface area contributed by atoms with E-state index in [2.05, 4.69) is 34.4 Å². The summed E-state index contributed by atoms with van der Waals surface area (Å²) in [5, 5.41) is 6.19. The summed E-state index contributed by atoms with van der Waals surface area (Å²) >= 11 is 0. The molecule has 2 N–H and O–H groups in total. The molecule has 4 aromatic rings. The Labute approximate surface area is 189 Å². The van der Waals surface area contributed by atoms with Crippen LogP contribution in [0.5, 0.6) is 0 Å². The van der Waals surface area contributed by atoms with Crippen LogP contribution in [0.2, 0.25) is 0 Å². The number of carbonyl (C=O) groups excluding carboxylic acids is 1. The Morgan fingerprint density at radius 1 is 0.875 bits per heavy atom. The topological polar surface area (TPSA) is 66.9 Å². The molecule has 0 spiro atoms. The molecule has 5 nitrogen and oxygen atoms in total. The molecule has 3 aromatic carbocycles. The number of hydrogen-bond acceptors (Lipinski definition) is 4. The van der Waals surface area contributed by atoms with Crippen LogP contribution in [-0.2, 0) is 0 Å². The highest BCUT2D eigenvalue weighted by Gasteiger charge is 2.08. The second kappa shape index (κ2) is 11.4. The van der Waals surface area contributed by atoms with Crippen molar-refractivity contribution in [3.8, 4) is 11.3 Å². The Kier molecular flexibility index (Phi) is 8.09. The van der Waals surface area contributed by atoms with Gasteiger partial charge in [0.25, 0.3) is 5.91 Å². The van der Waals surface area contributed by atoms with Gasteiger partial charge in [0.2, 0.25) is 5.95 Å². The molecule has 1 heterocycles. The maximum absolute atomic E-state index is 12.4. The number of aromatic nitrogens is 2. The minimum absolute atomic E-state index is 0.150. The maximum atomic E-state index is 12.4. The van der Waals surface area contributed by atoms with Gasteiger partial charge in [0.1, 0.15) is 0 Å². The van der Waals surface area contributed by atoms with Crippen LogP contribution < -0.4 is 10.6 Å². The summed E-state index contributed by atoms with van der Waals surface area (Å²) in [7, 11) is 0. The molecule has 0 aliphatic carbocycles. The van der Waals surface area contributed by atoms with E-state index in [0.717, 1.165) is 22.5 Å². The fourth-order valence-corrected chi connectivity index (χ4v) is 2.94. The molecule has 1 aromatic heterocycles. The van der Waals surface area contributed by atoms with Crippen LogP contribution >= 0.6 is 0 Å². The molecule has 0 radical (unpaired) electrons. The standard InChI is InChI=1S/C24H20N4O.C3H8/c1-17-12-13-20(26-23(29)19-10-6-3-7-11-19)16-22(17)28-24-25-15-14-21(27-24)18-8-4-2-5-9-18;1-3-2/h2-16H,1H3,(H,26,29)(H,25,27,28);3H2,1-2H3. The van der Waals surface area contributed by atoms with Gasteiger partial charge in [0.05, 0.1) is 5.69 Å². The average Bonchev–Trinajstić information content (AvgIpc) is 2.83. The minimum atomic E-state index is -0.150. The molecule has 0 aliphatic heterocycles. The highest BCUT2D eigenvalue weighted by molar-refractivity contribution is 6.04. The van der Waals surface area contributed by atoms with Crippen molar-refractivity contribution in [1.82, 2.24) is 9.97 Å². The van der Waals surface area contributed by atoms with Gasteiger partial charge in [-0.05, 0) is 42.8 Å². The molecule has 0 unspecified atom stereocenters. The van der Waals surface area contributed by atoms with E-state index in [1.807, 2.05) is 79.7 Å². The highest BCUT2D eigenvalue weighted by Crippen LogP contribution is 2.24. The number of nitrogens with one attached hydrogen (secondary N) is 2. The lowest BCUT2D eigenvalue weighted by atomic mass is 10.1. The number of nitrogens with zero attached hydrogens (tertiary/aromatic N) is 2. The van der Waals surface area contributed by atoms with Crippen LogP contribution in [0, 0.1) is 6.92 Å². The lowest BCUT2D eigenvalue weighted by Gasteiger charge is -2.12. The fraction of sp³-hybridized carbons (Fsp3) is 0.148. The molecule has 0 saturated carbocycles. The minimum Gasteiger partial charge on any atom is -0.324 e. The van der Waals surface area contributed by atoms with Crippen molar-refractivity contribution in [2.45, 2.75) is 27.2 Å². The second-order valence-corrected chi connectivity index (χ2v) is 7.31. The largest absolute Gasteiger partial charge is 0.324 e. The molecular formula is C27H28N4O. The van der Waals surface area contributed by atoms with Crippen molar-refractivity contribution in [2.75, 3.05) is 10.6 Å². The van der Waals surface area contributed by atoms with Crippen molar-refractivity contribution >= 4 is 23.2 Å². The third-order valence-corrected chi connectivity index (χ3v) is 4.50. The van der Waals surface area contributed by atoms with E-state index in [1.165, 1.54) is 6.42 Å². The van der Waals surface area contributed by atoms with E-state index >= 15 is 0 Å². The zero-order chi connectivity index (χ0) is 22.8. The SMILES string of the molecule is CCC.Cc1ccc(NC(=O)c2ccccc2)cc1Nc1nccc(-c2ccccc2)n1. The molecule has 0 fully saturated rings. The molecule has 1 amide bonds. The molecular weight excluding hydrogens is 396 g/mol. The highest BCUT2D eigenvalue weighted by atomic mass is 16.1. The summed E-state index contributed by atoms with van der Waals surface area (Å²) in [5.74, 6) is 0.351. The Balaban J connectivity index is 0.000000913. The summed E-state index contributed by atoms with van der Waals surface area (Å²) < 4.78 is 0. The smallest absolute Gasteiger partial charge is 0.255 e. The number of anilines is 3. The first-order valence-electron chi connectivity index (χ1n) is 10.7. The zero-order valence-electron chi connectivity index (χ0n) is 18.7. The molecule has 0 bridgehead atoms. The van der Waals surface area contributed by atoms with Crippen molar-refractivity contribution in [1.29, 1.82) is 0 Å². The van der Waals surface area contributed by atoms with Gasteiger partial charge in [-0.1, -0.05) is 74.9 Å². The van der Waals surface area contributed by atoms with Crippen LogP contribution in [0.4, 0.5) is 17.3 Å². The first-order valence-corrected chi connectivity index (χ1v) is 10.7. The third kappa shape index (κ3) is 6.25. The summed E-state index contributed by atoms with van der Waals surface area (Å²) in [6.07, 6.45) is 2.98. The molecule has 0 atom stereocenters. The summed E-state index contributed by atoms with van der Waals surface area (Å²) in [6, 6.07) is 26.7. The van der Waals surface area contributed by atoms with Gasteiger partial charge in [-0.2, -0.15) is 0 Å². The lowest BCUT2D eigenvalue weighted by molar-refractivity contribution is 0.102. The van der Waals surface area contributed by atoms with Crippen molar-refractivity contribution < 1.29 is 4.79 Å². The van der Waals surface area contributed by atoms with Crippen LogP contribution in [0.1, 0.15) is 36.2 Å². The average molecular weight is 425 g/mol. The Bertz CT molecular complexity index is 1140. The number of carbonyl (C=O) groups is 1. The number of hydrogen-bond donors (Lipinski definition) is 2. The molecule has 5 heteroatoms. The molecule has 0 aliphatic rings. The van der Waals surface area contributed by atoms with Crippen molar-refractivity contribution in [2.24, 2.45) is 0 Å². The van der Waals surface area contributed by atoms with Crippen LogP contribution in [0.25, 0.3) is 11.3 Å². The Morgan fingerprint density at radius 3 is 2.22 bits per heavy atom. The second-order valence-electron chi connectivity index (χ2n) is 7.31. The van der Waals surface area contributed by atoms with E-state index in [1.54, 1.807) is 18.3 Å². The lowest BCUT2D eigenvalue weighted by Crippen LogP contribution is -2.12. The van der Waals surface area contributed by atoms with E-state index < -0.39 is 0 Å². The van der Waals surface area contributed by atoms with Gasteiger partial charge in [-0.3, -0.25) is 4.79 Å². The van der Waals surface area contributed by atoms with Gasteiger partial charge in [-0.25, -0.2) is 9.97 Å². The quantitative estimate of drug-likeness (QED) is 0.367. The summed E-state index contributed by atoms with van der Waals surface area (Å²) in [5.41, 5.74) is 5.04. The Morgan fingerprint density at radius 2 is 1.53 bits per heavy atom. The predicted molar refractivity (Wildman–Crippen MR) is 132 cm³/mol. The zero-order valence-corrected chi connectivity index (χ0v) is 18.7. The van der Waals surface area contributed by atoms with E-state index in [-0.39, 0.29) is 5.91 Å². The number of rotatable bonds is 5. The summed E-state index contributed by atoms with van der Waals surface area (Å²) in [4.78, 5) is 21.4. The Hall–Kier alpha value is -3.99. The van der Waals surface area contributed by atoms with E-state index in [0.29, 0.717) is 17.2 Å². The first kappa shape index (κ1) is 22.7. The number of aryl methyl sites for hydroxylation is 1. The number of amides is 1. The summed E-state index contributed by atoms with van der Waals surface area (Å²) in [6.45, 7) is 6.24. The molecule has 162 valence electrons. The monoisotopic (exact) mass is 424 g/mol. The van der Waals surface area contributed by atoms with Gasteiger partial charge in [0.15, 0.2) is 0 Å². The third-order valence-electron chi connectivity index (χ3n) is 4.50. The predicted octanol–water partition coefficient (Wildman–Crippen LogP) is 6.86. The van der Waals surface area contributed by atoms with E-state index in [4.69, 9.17) is 0 Å².